The maximum Gasteiger partial charge on any atom is 0.573 e. The number of esters is 1. The fraction of sp³-hybridized carbons (Fsp3) is 0.118. The topological polar surface area (TPSA) is 87.6 Å². The van der Waals surface area contributed by atoms with Gasteiger partial charge < -0.3 is 18.3 Å². The summed E-state index contributed by atoms with van der Waals surface area (Å²) in [6, 6.07) is 8.28. The first-order valence-corrected chi connectivity index (χ1v) is 7.46. The molecule has 0 N–H and O–H groups in total. The number of hydrogen-bond acceptors (Lipinski definition) is 7. The number of furan rings is 1. The normalized spacial score (nSPS) is 11.7. The highest BCUT2D eigenvalue weighted by Crippen LogP contribution is 2.23. The monoisotopic (exact) mass is 380 g/mol. The predicted molar refractivity (Wildman–Crippen MR) is 84.0 cm³/mol. The second-order valence-corrected chi connectivity index (χ2v) is 5.04. The zero-order valence-electron chi connectivity index (χ0n) is 13.5. The molecule has 7 nitrogen and oxygen atoms in total. The number of carbonyl (C=O) groups excluding carboxylic acids is 1. The van der Waals surface area contributed by atoms with Gasteiger partial charge in [0.1, 0.15) is 5.75 Å². The van der Waals surface area contributed by atoms with Gasteiger partial charge in [0.05, 0.1) is 6.26 Å². The molecule has 2 aromatic heterocycles. The van der Waals surface area contributed by atoms with Crippen molar-refractivity contribution in [2.24, 2.45) is 0 Å². The van der Waals surface area contributed by atoms with Crippen LogP contribution in [0.15, 0.2) is 57.6 Å². The van der Waals surface area contributed by atoms with E-state index in [9.17, 15) is 18.0 Å². The van der Waals surface area contributed by atoms with Gasteiger partial charge in [-0.3, -0.25) is 0 Å². The molecule has 0 spiro atoms. The van der Waals surface area contributed by atoms with Crippen LogP contribution in [0.25, 0.3) is 17.7 Å². The smallest absolute Gasteiger partial charge is 0.459 e. The van der Waals surface area contributed by atoms with Crippen LogP contribution in [0.4, 0.5) is 13.2 Å². The van der Waals surface area contributed by atoms with Crippen LogP contribution in [0.5, 0.6) is 5.75 Å². The third-order valence-electron chi connectivity index (χ3n) is 3.06. The van der Waals surface area contributed by atoms with E-state index in [1.807, 2.05) is 0 Å². The van der Waals surface area contributed by atoms with Crippen LogP contribution < -0.4 is 4.74 Å². The number of aromatic nitrogens is 2. The van der Waals surface area contributed by atoms with Gasteiger partial charge in [-0.25, -0.2) is 4.79 Å². The van der Waals surface area contributed by atoms with Crippen molar-refractivity contribution in [3.63, 3.8) is 0 Å². The number of alkyl halides is 3. The minimum atomic E-state index is -4.76. The molecule has 0 unspecified atom stereocenters. The summed E-state index contributed by atoms with van der Waals surface area (Å²) in [4.78, 5) is 11.7. The van der Waals surface area contributed by atoms with Gasteiger partial charge in [-0.2, -0.15) is 0 Å². The molecule has 0 radical (unpaired) electrons. The quantitative estimate of drug-likeness (QED) is 0.472. The Balaban J connectivity index is 1.50. The Morgan fingerprint density at radius 1 is 1.15 bits per heavy atom. The molecule has 0 atom stereocenters. The van der Waals surface area contributed by atoms with Crippen LogP contribution in [-0.4, -0.2) is 22.5 Å². The molecule has 0 aliphatic rings. The van der Waals surface area contributed by atoms with Crippen LogP contribution in [0.3, 0.4) is 0 Å². The predicted octanol–water partition coefficient (Wildman–Crippen LogP) is 3.98. The molecule has 0 saturated carbocycles. The highest BCUT2D eigenvalue weighted by atomic mass is 19.4. The van der Waals surface area contributed by atoms with E-state index in [1.165, 1.54) is 24.5 Å². The number of nitrogens with zero attached hydrogens (tertiary/aromatic N) is 2. The first-order valence-electron chi connectivity index (χ1n) is 7.46. The summed E-state index contributed by atoms with van der Waals surface area (Å²) in [7, 11) is 0. The number of halogens is 3. The molecule has 1 aromatic carbocycles. The van der Waals surface area contributed by atoms with Crippen LogP contribution in [-0.2, 0) is 16.1 Å². The van der Waals surface area contributed by atoms with Gasteiger partial charge in [0.2, 0.25) is 0 Å². The fourth-order valence-corrected chi connectivity index (χ4v) is 1.94. The summed E-state index contributed by atoms with van der Waals surface area (Å²) in [6.45, 7) is -0.241. The standard InChI is InChI=1S/C17H11F3N2O5/c18-17(19,20)27-12-6-3-11(4-7-12)5-8-15(23)25-10-14-21-22-16(26-14)13-2-1-9-24-13/h1-9H,10H2/b8-5+. The second-order valence-electron chi connectivity index (χ2n) is 5.04. The van der Waals surface area contributed by atoms with Crippen molar-refractivity contribution in [1.82, 2.24) is 10.2 Å². The third kappa shape index (κ3) is 5.46. The first kappa shape index (κ1) is 18.2. The molecule has 3 aromatic rings. The lowest BCUT2D eigenvalue weighted by Crippen LogP contribution is -2.16. The minimum Gasteiger partial charge on any atom is -0.459 e. The van der Waals surface area contributed by atoms with Crippen molar-refractivity contribution >= 4 is 12.0 Å². The van der Waals surface area contributed by atoms with Gasteiger partial charge in [-0.05, 0) is 35.9 Å². The molecule has 140 valence electrons. The average Bonchev–Trinajstić information content (AvgIpc) is 3.29. The lowest BCUT2D eigenvalue weighted by Gasteiger charge is -2.08. The first-order chi connectivity index (χ1) is 12.9. The Hall–Kier alpha value is -3.56. The van der Waals surface area contributed by atoms with Crippen molar-refractivity contribution in [2.45, 2.75) is 13.0 Å². The number of ether oxygens (including phenoxy) is 2. The maximum absolute atomic E-state index is 12.1. The van der Waals surface area contributed by atoms with E-state index in [0.717, 1.165) is 18.2 Å². The fourth-order valence-electron chi connectivity index (χ4n) is 1.94. The van der Waals surface area contributed by atoms with E-state index in [4.69, 9.17) is 13.6 Å². The Labute approximate surface area is 150 Å². The lowest BCUT2D eigenvalue weighted by molar-refractivity contribution is -0.274. The Kier molecular flexibility index (Phi) is 5.25. The van der Waals surface area contributed by atoms with Gasteiger partial charge >= 0.3 is 12.3 Å². The molecule has 0 fully saturated rings. The molecule has 0 aliphatic carbocycles. The Morgan fingerprint density at radius 3 is 2.59 bits per heavy atom. The van der Waals surface area contributed by atoms with E-state index in [2.05, 4.69) is 14.9 Å². The number of benzene rings is 1. The molecular weight excluding hydrogens is 369 g/mol. The van der Waals surface area contributed by atoms with Crippen molar-refractivity contribution < 1.29 is 36.3 Å². The molecule has 0 amide bonds. The lowest BCUT2D eigenvalue weighted by atomic mass is 10.2. The summed E-state index contributed by atoms with van der Waals surface area (Å²) in [5.74, 6) is -0.424. The van der Waals surface area contributed by atoms with Gasteiger partial charge in [-0.15, -0.1) is 23.4 Å². The van der Waals surface area contributed by atoms with Crippen molar-refractivity contribution in [1.29, 1.82) is 0 Å². The van der Waals surface area contributed by atoms with E-state index >= 15 is 0 Å². The van der Waals surface area contributed by atoms with E-state index in [-0.39, 0.29) is 24.1 Å². The highest BCUT2D eigenvalue weighted by Gasteiger charge is 2.30. The van der Waals surface area contributed by atoms with Crippen LogP contribution in [0, 0.1) is 0 Å². The van der Waals surface area contributed by atoms with Gasteiger partial charge in [0, 0.05) is 6.08 Å². The Morgan fingerprint density at radius 2 is 1.93 bits per heavy atom. The van der Waals surface area contributed by atoms with Gasteiger partial charge in [0.25, 0.3) is 11.8 Å². The number of hydrogen-bond donors (Lipinski definition) is 0. The minimum absolute atomic E-state index is 0.0804. The second kappa shape index (κ2) is 7.77. The van der Waals surface area contributed by atoms with E-state index < -0.39 is 12.3 Å². The average molecular weight is 380 g/mol. The summed E-state index contributed by atoms with van der Waals surface area (Å²) >= 11 is 0. The molecule has 0 aliphatic heterocycles. The molecule has 3 rings (SSSR count). The zero-order valence-corrected chi connectivity index (χ0v) is 13.5. The van der Waals surface area contributed by atoms with E-state index in [0.29, 0.717) is 11.3 Å². The van der Waals surface area contributed by atoms with Gasteiger partial charge in [-0.1, -0.05) is 12.1 Å². The maximum atomic E-state index is 12.1. The molecular formula is C17H11F3N2O5. The van der Waals surface area contributed by atoms with Crippen LogP contribution >= 0.6 is 0 Å². The molecule has 2 heterocycles. The molecule has 27 heavy (non-hydrogen) atoms. The number of carbonyl (C=O) groups is 1. The zero-order chi connectivity index (χ0) is 19.3. The van der Waals surface area contributed by atoms with Crippen molar-refractivity contribution in [3.8, 4) is 17.4 Å². The largest absolute Gasteiger partial charge is 0.573 e. The highest BCUT2D eigenvalue weighted by molar-refractivity contribution is 5.87. The molecule has 0 bridgehead atoms. The van der Waals surface area contributed by atoms with Crippen molar-refractivity contribution in [2.75, 3.05) is 0 Å². The van der Waals surface area contributed by atoms with E-state index in [1.54, 1.807) is 12.1 Å². The van der Waals surface area contributed by atoms with Gasteiger partial charge in [0.15, 0.2) is 12.4 Å². The Bertz CT molecular complexity index is 915. The summed E-state index contributed by atoms with van der Waals surface area (Å²) in [6.07, 6.45) is -0.816. The number of rotatable bonds is 6. The van der Waals surface area contributed by atoms with Crippen LogP contribution in [0.1, 0.15) is 11.5 Å². The summed E-state index contributed by atoms with van der Waals surface area (Å²) in [5, 5.41) is 7.47. The molecule has 0 saturated heterocycles. The summed E-state index contributed by atoms with van der Waals surface area (Å²) in [5.41, 5.74) is 0.486. The van der Waals surface area contributed by atoms with Crippen molar-refractivity contribution in [3.05, 3.63) is 60.2 Å². The SMILES string of the molecule is O=C(/C=C/c1ccc(OC(F)(F)F)cc1)OCc1nnc(-c2ccco2)o1. The third-order valence-corrected chi connectivity index (χ3v) is 3.06. The summed E-state index contributed by atoms with van der Waals surface area (Å²) < 4.78 is 55.3. The van der Waals surface area contributed by atoms with Crippen LogP contribution in [0.2, 0.25) is 0 Å². The molecule has 10 heteroatoms.